The molecule has 137 heavy (non-hydrogen) atoms. The molecule has 8 N–H and O–H groups in total. The van der Waals surface area contributed by atoms with Gasteiger partial charge in [-0.2, -0.15) is 91.5 Å². The van der Waals surface area contributed by atoms with E-state index in [1.165, 1.54) is 136 Å². The summed E-state index contributed by atoms with van der Waals surface area (Å²) in [4.78, 5) is 39.7. The Morgan fingerprint density at radius 1 is 0.387 bits per heavy atom. The topological polar surface area (TPSA) is 378 Å². The Hall–Kier alpha value is -14.3. The van der Waals surface area contributed by atoms with Crippen LogP contribution in [0.2, 0.25) is 5.02 Å². The Labute approximate surface area is 787 Å². The molecule has 7 aromatic carbocycles. The Kier molecular flexibility index (Phi) is 31.3. The highest BCUT2D eigenvalue weighted by atomic mass is 127. The van der Waals surface area contributed by atoms with Gasteiger partial charge in [-0.1, -0.05) is 66.2 Å². The Bertz CT molecular complexity index is 6710. The van der Waals surface area contributed by atoms with E-state index >= 15 is 0 Å². The van der Waals surface area contributed by atoms with Crippen molar-refractivity contribution in [2.24, 2.45) is 0 Å². The predicted molar refractivity (Wildman–Crippen MR) is 481 cm³/mol. The minimum atomic E-state index is -5.96. The third-order valence-corrected chi connectivity index (χ3v) is 23.7. The van der Waals surface area contributed by atoms with Gasteiger partial charge >= 0.3 is 30.9 Å². The van der Waals surface area contributed by atoms with Crippen molar-refractivity contribution >= 4 is 89.3 Å². The Morgan fingerprint density at radius 3 is 1.00 bits per heavy atom. The average Bonchev–Trinajstić information content (AvgIpc) is 0.844. The van der Waals surface area contributed by atoms with Crippen molar-refractivity contribution in [2.45, 2.75) is 97.7 Å². The highest BCUT2D eigenvalue weighted by Gasteiger charge is 2.71. The lowest BCUT2D eigenvalue weighted by Crippen LogP contribution is -2.53. The summed E-state index contributed by atoms with van der Waals surface area (Å²) in [5.41, 5.74) is -11.1. The number of nitriles is 1. The molecule has 0 spiro atoms. The van der Waals surface area contributed by atoms with E-state index in [1.807, 2.05) is 24.3 Å². The van der Waals surface area contributed by atoms with E-state index in [4.69, 9.17) is 16.9 Å². The van der Waals surface area contributed by atoms with Gasteiger partial charge in [0.05, 0.1) is 66.9 Å². The number of alkyl halides is 15. The number of rotatable bonds is 20. The fraction of sp³-hybridized carbons (Fsp3) is 0.154. The van der Waals surface area contributed by atoms with Crippen LogP contribution in [-0.4, -0.2) is 139 Å². The van der Waals surface area contributed by atoms with Crippen LogP contribution < -0.4 is 20.1 Å². The van der Waals surface area contributed by atoms with Crippen molar-refractivity contribution < 1.29 is 113 Å². The van der Waals surface area contributed by atoms with Gasteiger partial charge in [0.15, 0.2) is 16.8 Å². The molecule has 0 bridgehead atoms. The molecule has 3 unspecified atom stereocenters. The standard InChI is InChI=1S/C25H18F3N5O2.C23H18ClF3N4O3S.C23H18F3IN4O3S.C15H13F6N3O2.C5H5N/c1-24(35,25(26,27)28)19-6-8-20(9-7-19)33-22(14-21(32-33)17-10-12-30-13-11-17)31-23(34)18-4-2-16(15-29)3-5-18;1-22(32,23(25,26)27)16-2-6-18(7-3-16)31-21(14-20(29-31)15-10-12-28-13-11-15)30-35(33,34)19-8-4-17(24)5-9-19;1-22(32,23(24,25)26)16-2-6-18(7-3-16)31-21(14-20(29-31)15-10-12-28-13-11-15)30-35(33,34)19-8-4-17(27)5-9-19;1-8-7-12(22-9(2)25)24(23-8)11-5-3-10(4-6-11)13(26,14(16,17)18)15(19,20)21;1-2-4-6-5-3-1/h2-14,35H,1H3,(H,31,34);2*2-14,30,32H,1H3;3-7,26H,1-2H3,(H,22,25);1-5H. The molecular formula is C91H72ClF15IN17O10S2. The smallest absolute Gasteiger partial charge is 0.376 e. The van der Waals surface area contributed by atoms with Gasteiger partial charge in [0.25, 0.3) is 31.6 Å². The lowest BCUT2D eigenvalue weighted by Gasteiger charge is -2.32. The number of aryl methyl sites for hydroxylation is 1. The van der Waals surface area contributed by atoms with Gasteiger partial charge in [-0.05, 0) is 237 Å². The summed E-state index contributed by atoms with van der Waals surface area (Å²) in [5, 5.41) is 71.1. The number of benzene rings is 7. The number of hydrogen-bond donors (Lipinski definition) is 8. The van der Waals surface area contributed by atoms with E-state index < -0.39 is 90.7 Å². The lowest BCUT2D eigenvalue weighted by molar-refractivity contribution is -0.376. The van der Waals surface area contributed by atoms with Crippen LogP contribution in [0.3, 0.4) is 0 Å². The monoisotopic (exact) mass is 2070 g/mol. The van der Waals surface area contributed by atoms with E-state index in [0.717, 1.165) is 56.8 Å². The van der Waals surface area contributed by atoms with Crippen molar-refractivity contribution in [2.75, 3.05) is 20.1 Å². The van der Waals surface area contributed by atoms with E-state index in [2.05, 4.69) is 83.0 Å². The number of anilines is 4. The van der Waals surface area contributed by atoms with Crippen molar-refractivity contribution in [3.05, 3.63) is 346 Å². The third kappa shape index (κ3) is 24.5. The highest BCUT2D eigenvalue weighted by molar-refractivity contribution is 14.1. The molecule has 712 valence electrons. The fourth-order valence-corrected chi connectivity index (χ4v) is 14.9. The first-order valence-electron chi connectivity index (χ1n) is 39.4. The summed E-state index contributed by atoms with van der Waals surface area (Å²) < 4.78 is 259. The number of pyridine rings is 4. The average molecular weight is 2080 g/mol. The third-order valence-electron chi connectivity index (χ3n) is 20.0. The molecule has 15 rings (SSSR count). The molecule has 0 fully saturated rings. The maximum atomic E-state index is 13.2. The number of halogens is 17. The van der Waals surface area contributed by atoms with E-state index in [9.17, 15) is 113 Å². The summed E-state index contributed by atoms with van der Waals surface area (Å²) in [6.07, 6.45) is -13.7. The van der Waals surface area contributed by atoms with Crippen molar-refractivity contribution in [1.82, 2.24) is 59.1 Å². The first kappa shape index (κ1) is 103. The summed E-state index contributed by atoms with van der Waals surface area (Å²) in [6.45, 7) is 4.81. The van der Waals surface area contributed by atoms with E-state index in [0.29, 0.717) is 94.2 Å². The van der Waals surface area contributed by atoms with Crippen molar-refractivity contribution in [3.8, 4) is 62.6 Å². The van der Waals surface area contributed by atoms with Crippen molar-refractivity contribution in [1.29, 1.82) is 5.26 Å². The molecule has 8 heterocycles. The number of amides is 2. The van der Waals surface area contributed by atoms with Crippen LogP contribution in [0.1, 0.15) is 71.6 Å². The lowest BCUT2D eigenvalue weighted by atomic mass is 9.92. The molecule has 3 atom stereocenters. The summed E-state index contributed by atoms with van der Waals surface area (Å²) >= 11 is 7.91. The second kappa shape index (κ2) is 41.5. The maximum Gasteiger partial charge on any atom is 0.430 e. The van der Waals surface area contributed by atoms with Gasteiger partial charge in [0.2, 0.25) is 5.91 Å². The van der Waals surface area contributed by atoms with Crippen LogP contribution in [0.15, 0.2) is 308 Å². The molecule has 0 radical (unpaired) electrons. The summed E-state index contributed by atoms with van der Waals surface area (Å²) in [6, 6.07) is 59.4. The molecule has 46 heteroatoms. The van der Waals surface area contributed by atoms with Gasteiger partial charge in [0.1, 0.15) is 23.3 Å². The van der Waals surface area contributed by atoms with Crippen LogP contribution in [0.25, 0.3) is 56.5 Å². The summed E-state index contributed by atoms with van der Waals surface area (Å²) in [5.74, 6) is -0.334. The second-order valence-electron chi connectivity index (χ2n) is 29.8. The number of nitrogens with one attached hydrogen (secondary N) is 4. The van der Waals surface area contributed by atoms with Gasteiger partial charge in [-0.15, -0.1) is 0 Å². The number of aromatic nitrogens is 12. The summed E-state index contributed by atoms with van der Waals surface area (Å²) in [7, 11) is -8.05. The molecule has 0 aliphatic carbocycles. The molecule has 0 aliphatic heterocycles. The molecule has 0 aliphatic rings. The van der Waals surface area contributed by atoms with Crippen molar-refractivity contribution in [3.63, 3.8) is 0 Å². The van der Waals surface area contributed by atoms with Gasteiger partial charge in [0, 0.05) is 117 Å². The number of carbonyl (C=O) groups excluding carboxylic acids is 2. The molecule has 0 saturated carbocycles. The van der Waals surface area contributed by atoms with Crippen LogP contribution in [-0.2, 0) is 47.2 Å². The second-order valence-corrected chi connectivity index (χ2v) is 34.9. The zero-order chi connectivity index (χ0) is 100. The van der Waals surface area contributed by atoms with E-state index in [-0.39, 0.29) is 66.8 Å². The Morgan fingerprint density at radius 2 is 0.693 bits per heavy atom. The SMILES string of the molecule is CC(=O)Nc1cc(C)nn1-c1ccc(C(O)(C(F)(F)F)C(F)(F)F)cc1.CC(O)(c1ccc(-n2nc(-c3ccncc3)cc2NC(=O)c2ccc(C#N)cc2)cc1)C(F)(F)F.CC(O)(c1ccc(-n2nc(-c3ccncc3)cc2NS(=O)(=O)c2ccc(Cl)cc2)cc1)C(F)(F)F.CC(O)(c1ccc(-n2nc(-c3ccncc3)cc2NS(=O)(=O)c2ccc(I)cc2)cc1)C(F)(F)F.c1ccncc1. The van der Waals surface area contributed by atoms with Crippen LogP contribution in [0, 0.1) is 21.8 Å². The van der Waals surface area contributed by atoms with Gasteiger partial charge < -0.3 is 31.1 Å². The normalized spacial score (nSPS) is 13.2. The largest absolute Gasteiger partial charge is 0.430 e. The van der Waals surface area contributed by atoms with Crippen LogP contribution >= 0.6 is 34.2 Å². The van der Waals surface area contributed by atoms with Gasteiger partial charge in [-0.25, -0.2) is 35.6 Å². The fourth-order valence-electron chi connectivity index (χ4n) is 12.3. The quantitative estimate of drug-likeness (QED) is 0.0259. The number of carbonyl (C=O) groups is 2. The first-order chi connectivity index (χ1) is 64.1. The Balaban J connectivity index is 0.000000172. The zero-order valence-electron chi connectivity index (χ0n) is 71.1. The number of sulfonamides is 2. The number of nitrogens with zero attached hydrogens (tertiary/aromatic N) is 13. The van der Waals surface area contributed by atoms with Gasteiger partial charge in [-0.3, -0.25) is 39.0 Å². The first-order valence-corrected chi connectivity index (χ1v) is 43.8. The predicted octanol–water partition coefficient (Wildman–Crippen LogP) is 19.6. The molecular weight excluding hydrogens is 2000 g/mol. The highest BCUT2D eigenvalue weighted by Crippen LogP contribution is 2.51. The maximum absolute atomic E-state index is 13.2. The molecule has 2 amide bonds. The van der Waals surface area contributed by atoms with E-state index in [1.54, 1.807) is 111 Å². The number of hydrogen-bond acceptors (Lipinski definition) is 19. The zero-order valence-corrected chi connectivity index (χ0v) is 75.6. The molecule has 8 aromatic heterocycles. The number of aliphatic hydroxyl groups is 4. The minimum absolute atomic E-state index is 0.0349. The molecule has 27 nitrogen and oxygen atoms in total. The van der Waals surface area contributed by atoms with Crippen LogP contribution in [0.5, 0.6) is 0 Å². The minimum Gasteiger partial charge on any atom is -0.376 e. The molecule has 15 aromatic rings. The molecule has 0 saturated heterocycles. The van der Waals surface area contributed by atoms with Crippen LogP contribution in [0.4, 0.5) is 89.1 Å².